The molecule has 1 N–H and O–H groups in total. The van der Waals surface area contributed by atoms with Crippen molar-refractivity contribution < 1.29 is 4.74 Å². The van der Waals surface area contributed by atoms with Crippen LogP contribution in [0, 0.1) is 0 Å². The molecule has 0 fully saturated rings. The number of fused-ring (bicyclic) bond motifs is 1. The molecule has 25 heavy (non-hydrogen) atoms. The van der Waals surface area contributed by atoms with Crippen LogP contribution in [0.15, 0.2) is 23.1 Å². The summed E-state index contributed by atoms with van der Waals surface area (Å²) in [6.07, 6.45) is 10.4. The zero-order valence-electron chi connectivity index (χ0n) is 14.5. The minimum Gasteiger partial charge on any atom is -0.359 e. The second-order valence-corrected chi connectivity index (χ2v) is 12.1. The Bertz CT molecular complexity index is 904. The van der Waals surface area contributed by atoms with E-state index in [1.807, 2.05) is 12.3 Å². The summed E-state index contributed by atoms with van der Waals surface area (Å²) in [4.78, 5) is 7.40. The molecule has 0 bridgehead atoms. The van der Waals surface area contributed by atoms with Gasteiger partial charge in [0.2, 0.25) is 0 Å². The number of nitrogens with zero attached hydrogens (tertiary/aromatic N) is 3. The Morgan fingerprint density at radius 2 is 2.08 bits per heavy atom. The fourth-order valence-electron chi connectivity index (χ4n) is 2.53. The van der Waals surface area contributed by atoms with Crippen molar-refractivity contribution in [1.82, 2.24) is 19.7 Å². The van der Waals surface area contributed by atoms with E-state index in [9.17, 15) is 0 Å². The van der Waals surface area contributed by atoms with Gasteiger partial charge in [0, 0.05) is 34.1 Å². The quantitative estimate of drug-likeness (QED) is 0.376. The van der Waals surface area contributed by atoms with Gasteiger partial charge in [-0.15, -0.1) is 0 Å². The third-order valence-corrected chi connectivity index (χ3v) is 5.70. The first-order valence-electron chi connectivity index (χ1n) is 7.75. The normalized spacial score (nSPS) is 12.8. The van der Waals surface area contributed by atoms with Crippen LogP contribution in [0.4, 0.5) is 0 Å². The van der Waals surface area contributed by atoms with E-state index in [1.165, 1.54) is 0 Å². The van der Waals surface area contributed by atoms with Gasteiger partial charge in [-0.2, -0.15) is 5.10 Å². The van der Waals surface area contributed by atoms with Crippen molar-refractivity contribution in [3.8, 4) is 11.1 Å². The van der Waals surface area contributed by atoms with E-state index in [0.29, 0.717) is 24.5 Å². The van der Waals surface area contributed by atoms with Crippen LogP contribution >= 0.6 is 26.0 Å². The van der Waals surface area contributed by atoms with Gasteiger partial charge in [0.15, 0.2) is 0 Å². The van der Waals surface area contributed by atoms with Gasteiger partial charge in [-0.1, -0.05) is 0 Å². The van der Waals surface area contributed by atoms with Crippen molar-refractivity contribution in [3.63, 3.8) is 0 Å². The van der Waals surface area contributed by atoms with Crippen molar-refractivity contribution >= 4 is 63.7 Å². The lowest BCUT2D eigenvalue weighted by atomic mass is 9.87. The monoisotopic (exact) mass is 416 g/mol. The number of hydrogen-bond acceptors (Lipinski definition) is 3. The Hall–Kier alpha value is -1.18. The summed E-state index contributed by atoms with van der Waals surface area (Å²) < 4.78 is 8.09. The van der Waals surface area contributed by atoms with Crippen LogP contribution in [0.2, 0.25) is 0 Å². The molecule has 3 aromatic rings. The molecule has 0 saturated heterocycles. The topological polar surface area (TPSA) is 55.7 Å². The Morgan fingerprint density at radius 1 is 1.32 bits per heavy atom. The van der Waals surface area contributed by atoms with Crippen LogP contribution < -0.4 is 11.2 Å². The number of ether oxygens (including phenoxy) is 1. The molecule has 5 nitrogen and oxygen atoms in total. The lowest BCUT2D eigenvalue weighted by molar-refractivity contribution is 0.0835. The number of nitrogens with one attached hydrogen (secondary N) is 1. The van der Waals surface area contributed by atoms with E-state index in [2.05, 4.69) is 49.8 Å². The molecule has 4 radical (unpaired) electrons. The lowest BCUT2D eigenvalue weighted by Gasteiger charge is -2.24. The summed E-state index contributed by atoms with van der Waals surface area (Å²) in [6, 6.07) is 1.93. The predicted molar refractivity (Wildman–Crippen MR) is 112 cm³/mol. The number of H-pyrrole nitrogens is 1. The van der Waals surface area contributed by atoms with Gasteiger partial charge >= 0.3 is 0 Å². The van der Waals surface area contributed by atoms with Crippen molar-refractivity contribution in [2.75, 3.05) is 31.1 Å². The second kappa shape index (κ2) is 7.21. The van der Waals surface area contributed by atoms with Gasteiger partial charge in [0.05, 0.1) is 18.3 Å². The predicted octanol–water partition coefficient (Wildman–Crippen LogP) is 1.44. The maximum Gasteiger partial charge on any atom is 0.145 e. The van der Waals surface area contributed by atoms with Gasteiger partial charge in [0.1, 0.15) is 27.0 Å². The summed E-state index contributed by atoms with van der Waals surface area (Å²) in [6.45, 7) is 0.970. The molecular weight excluding hydrogens is 398 g/mol. The van der Waals surface area contributed by atoms with Crippen molar-refractivity contribution in [2.45, 2.75) is 6.73 Å². The third kappa shape index (κ3) is 4.15. The smallest absolute Gasteiger partial charge is 0.145 e. The number of pyridine rings is 1. The highest BCUT2D eigenvalue weighted by atomic mass is 79.9. The lowest BCUT2D eigenvalue weighted by Crippen LogP contribution is -2.22. The maximum absolute atomic E-state index is 6.30. The molecule has 3 aromatic heterocycles. The summed E-state index contributed by atoms with van der Waals surface area (Å²) in [5.41, 5.74) is 3.41. The zero-order chi connectivity index (χ0) is 18.2. The molecule has 3 rings (SSSR count). The van der Waals surface area contributed by atoms with E-state index in [1.54, 1.807) is 10.9 Å². The van der Waals surface area contributed by atoms with Crippen molar-refractivity contribution in [2.24, 2.45) is 0 Å². The van der Waals surface area contributed by atoms with Crippen LogP contribution in [0.25, 0.3) is 22.0 Å². The molecule has 0 unspecified atom stereocenters. The molecule has 0 saturated carbocycles. The Balaban J connectivity index is 1.85. The van der Waals surface area contributed by atoms with Gasteiger partial charge < -0.3 is 9.72 Å². The summed E-state index contributed by atoms with van der Waals surface area (Å²) in [5, 5.41) is 5.32. The third-order valence-electron chi connectivity index (χ3n) is 3.87. The standard InChI is InChI=1S/C16H19B2BrN4OS/c1-25(2,3)5-4-24-9-23-16(18)14(15(17)22-23)11-7-20-12-8-21-13(19)6-10(11)12/h6-8,20H,4-5,9H2,1-3H3. The first-order chi connectivity index (χ1) is 11.8. The van der Waals surface area contributed by atoms with E-state index in [-0.39, 0.29) is 0 Å². The number of rotatable bonds is 6. The molecule has 0 aliphatic carbocycles. The van der Waals surface area contributed by atoms with E-state index in [4.69, 9.17) is 20.4 Å². The molecular formula is C16H19B2BrN4OS. The highest BCUT2D eigenvalue weighted by molar-refractivity contribution is 9.10. The number of halogens is 1. The summed E-state index contributed by atoms with van der Waals surface area (Å²) >= 11 is 3.40. The molecule has 0 amide bonds. The van der Waals surface area contributed by atoms with E-state index < -0.39 is 10.0 Å². The van der Waals surface area contributed by atoms with Gasteiger partial charge in [-0.05, 0) is 46.4 Å². The molecule has 128 valence electrons. The van der Waals surface area contributed by atoms with E-state index >= 15 is 0 Å². The van der Waals surface area contributed by atoms with Crippen LogP contribution in [-0.2, 0) is 11.5 Å². The highest BCUT2D eigenvalue weighted by Gasteiger charge is 2.16. The van der Waals surface area contributed by atoms with Crippen LogP contribution in [0.3, 0.4) is 0 Å². The molecule has 0 aliphatic heterocycles. The summed E-state index contributed by atoms with van der Waals surface area (Å²) in [5.74, 6) is 1.04. The van der Waals surface area contributed by atoms with Gasteiger partial charge in [-0.3, -0.25) is 4.68 Å². The van der Waals surface area contributed by atoms with Gasteiger partial charge in [-0.25, -0.2) is 15.0 Å². The number of hydrogen-bond donors (Lipinski definition) is 1. The summed E-state index contributed by atoms with van der Waals surface area (Å²) in [7, 11) is 11.8. The molecule has 0 aliphatic rings. The molecule has 3 heterocycles. The molecule has 0 atom stereocenters. The zero-order valence-corrected chi connectivity index (χ0v) is 16.9. The van der Waals surface area contributed by atoms with Crippen LogP contribution in [0.1, 0.15) is 0 Å². The first kappa shape index (κ1) is 18.6. The molecule has 9 heteroatoms. The van der Waals surface area contributed by atoms with Crippen molar-refractivity contribution in [1.29, 1.82) is 0 Å². The highest BCUT2D eigenvalue weighted by Crippen LogP contribution is 2.33. The minimum atomic E-state index is -0.581. The average Bonchev–Trinajstić information content (AvgIpc) is 3.03. The number of aromatic nitrogens is 4. The number of aromatic amines is 1. The van der Waals surface area contributed by atoms with Crippen LogP contribution in [0.5, 0.6) is 0 Å². The fraction of sp³-hybridized carbons (Fsp3) is 0.375. The van der Waals surface area contributed by atoms with Gasteiger partial charge in [0.25, 0.3) is 0 Å². The Labute approximate surface area is 160 Å². The average molecular weight is 417 g/mol. The maximum atomic E-state index is 6.30. The molecule has 0 spiro atoms. The first-order valence-corrected chi connectivity index (χ1v) is 11.6. The van der Waals surface area contributed by atoms with Crippen molar-refractivity contribution in [3.05, 3.63) is 23.1 Å². The Kier molecular flexibility index (Phi) is 5.37. The molecule has 0 aromatic carbocycles. The SMILES string of the molecule is [B]c1nn(COCCS(C)(C)C)c([B])c1-c1c[nH]c2cnc(Br)cc12. The van der Waals surface area contributed by atoms with E-state index in [0.717, 1.165) is 32.4 Å². The fourth-order valence-corrected chi connectivity index (χ4v) is 3.48. The van der Waals surface area contributed by atoms with Crippen LogP contribution in [-0.4, -0.2) is 66.6 Å². The Morgan fingerprint density at radius 3 is 2.80 bits per heavy atom. The second-order valence-electron chi connectivity index (χ2n) is 6.73. The minimum absolute atomic E-state index is 0.291. The largest absolute Gasteiger partial charge is 0.359 e.